The van der Waals surface area contributed by atoms with Crippen molar-refractivity contribution in [1.29, 1.82) is 0 Å². The average Bonchev–Trinajstić information content (AvgIpc) is 2.36. The molecule has 1 aromatic heterocycles. The summed E-state index contributed by atoms with van der Waals surface area (Å²) in [6.45, 7) is 9.75. The van der Waals surface area contributed by atoms with Crippen molar-refractivity contribution in [2.24, 2.45) is 5.92 Å². The largest absolute Gasteiger partial charge is 0.444 e. The monoisotopic (exact) mass is 330 g/mol. The number of hydrogen-bond donors (Lipinski definition) is 3. The molecular weight excluding hydrogens is 308 g/mol. The first-order valence-electron chi connectivity index (χ1n) is 7.06. The Hall–Kier alpha value is -1.76. The molecule has 8 heteroatoms. The van der Waals surface area contributed by atoms with Crippen LogP contribution in [-0.2, 0) is 4.74 Å². The van der Waals surface area contributed by atoms with Crippen LogP contribution in [0.25, 0.3) is 0 Å². The Kier molecular flexibility index (Phi) is 6.22. The molecule has 1 amide bonds. The van der Waals surface area contributed by atoms with Gasteiger partial charge < -0.3 is 15.4 Å². The summed E-state index contributed by atoms with van der Waals surface area (Å²) < 4.78 is 5.24. The average molecular weight is 331 g/mol. The van der Waals surface area contributed by atoms with Crippen LogP contribution in [0.3, 0.4) is 0 Å². The fraction of sp³-hybridized carbons (Fsp3) is 0.643. The minimum absolute atomic E-state index is 0.0368. The first kappa shape index (κ1) is 18.3. The predicted molar refractivity (Wildman–Crippen MR) is 86.4 cm³/mol. The van der Waals surface area contributed by atoms with Crippen LogP contribution in [0.2, 0.25) is 5.02 Å². The molecule has 0 bridgehead atoms. The standard InChI is InChI=1S/C14H23ClN4O3/c1-8(2)9(18-13(21)22-14(3,4)5)6-16-10-7-17-19-12(20)11(10)15/h7-9H,6H2,1-5H3,(H,18,21)(H2,16,19,20). The van der Waals surface area contributed by atoms with Crippen molar-refractivity contribution >= 4 is 23.4 Å². The van der Waals surface area contributed by atoms with E-state index >= 15 is 0 Å². The normalized spacial score (nSPS) is 12.9. The van der Waals surface area contributed by atoms with Crippen molar-refractivity contribution in [3.63, 3.8) is 0 Å². The lowest BCUT2D eigenvalue weighted by molar-refractivity contribution is 0.0494. The van der Waals surface area contributed by atoms with Gasteiger partial charge in [-0.2, -0.15) is 5.10 Å². The molecule has 7 nitrogen and oxygen atoms in total. The van der Waals surface area contributed by atoms with Crippen molar-refractivity contribution in [2.45, 2.75) is 46.3 Å². The zero-order valence-corrected chi connectivity index (χ0v) is 14.2. The summed E-state index contributed by atoms with van der Waals surface area (Å²) in [5, 5.41) is 11.8. The highest BCUT2D eigenvalue weighted by molar-refractivity contribution is 6.32. The Morgan fingerprint density at radius 3 is 2.64 bits per heavy atom. The van der Waals surface area contributed by atoms with Gasteiger partial charge in [-0.3, -0.25) is 4.79 Å². The Morgan fingerprint density at radius 1 is 1.45 bits per heavy atom. The molecule has 124 valence electrons. The Labute approximate surface area is 134 Å². The summed E-state index contributed by atoms with van der Waals surface area (Å²) in [7, 11) is 0. The summed E-state index contributed by atoms with van der Waals surface area (Å²) in [4.78, 5) is 23.2. The molecule has 0 saturated carbocycles. The molecule has 0 aliphatic heterocycles. The van der Waals surface area contributed by atoms with Crippen LogP contribution in [0, 0.1) is 5.92 Å². The van der Waals surface area contributed by atoms with Crippen LogP contribution in [0.15, 0.2) is 11.0 Å². The van der Waals surface area contributed by atoms with Gasteiger partial charge in [-0.25, -0.2) is 9.89 Å². The van der Waals surface area contributed by atoms with E-state index in [2.05, 4.69) is 20.8 Å². The maximum absolute atomic E-state index is 11.9. The van der Waals surface area contributed by atoms with Crippen LogP contribution in [0.1, 0.15) is 34.6 Å². The second-order valence-electron chi connectivity index (χ2n) is 6.30. The molecule has 3 N–H and O–H groups in total. The van der Waals surface area contributed by atoms with Crippen LogP contribution in [-0.4, -0.2) is 34.5 Å². The smallest absolute Gasteiger partial charge is 0.407 e. The third kappa shape index (κ3) is 5.93. The lowest BCUT2D eigenvalue weighted by Gasteiger charge is -2.26. The number of H-pyrrole nitrogens is 1. The number of nitrogens with one attached hydrogen (secondary N) is 3. The fourth-order valence-electron chi connectivity index (χ4n) is 1.64. The van der Waals surface area contributed by atoms with Gasteiger partial charge in [0.25, 0.3) is 5.56 Å². The summed E-state index contributed by atoms with van der Waals surface area (Å²) in [5.41, 5.74) is -0.603. The number of rotatable bonds is 5. The molecule has 0 aliphatic carbocycles. The molecule has 0 radical (unpaired) electrons. The molecule has 0 fully saturated rings. The molecule has 1 unspecified atom stereocenters. The quantitative estimate of drug-likeness (QED) is 0.770. The third-order valence-electron chi connectivity index (χ3n) is 2.81. The molecule has 1 aromatic rings. The Morgan fingerprint density at radius 2 is 2.09 bits per heavy atom. The van der Waals surface area contributed by atoms with Gasteiger partial charge in [-0.15, -0.1) is 0 Å². The molecule has 0 aromatic carbocycles. The fourth-order valence-corrected chi connectivity index (χ4v) is 1.80. The van der Waals surface area contributed by atoms with Gasteiger partial charge in [-0.05, 0) is 26.7 Å². The number of halogens is 1. The molecular formula is C14H23ClN4O3. The molecule has 0 saturated heterocycles. The van der Waals surface area contributed by atoms with Gasteiger partial charge in [0.1, 0.15) is 10.6 Å². The first-order chi connectivity index (χ1) is 10.1. The topological polar surface area (TPSA) is 96.1 Å². The van der Waals surface area contributed by atoms with Crippen molar-refractivity contribution in [1.82, 2.24) is 15.5 Å². The van der Waals surface area contributed by atoms with Crippen molar-refractivity contribution in [3.05, 3.63) is 21.6 Å². The van der Waals surface area contributed by atoms with Gasteiger partial charge in [0.2, 0.25) is 0 Å². The summed E-state index contributed by atoms with van der Waals surface area (Å²) >= 11 is 5.89. The Balaban J connectivity index is 2.67. The SMILES string of the molecule is CC(C)C(CNc1cn[nH]c(=O)c1Cl)NC(=O)OC(C)(C)C. The number of aromatic amines is 1. The number of hydrogen-bond acceptors (Lipinski definition) is 5. The van der Waals surface area contributed by atoms with E-state index in [1.165, 1.54) is 6.20 Å². The molecule has 1 rings (SSSR count). The van der Waals surface area contributed by atoms with E-state index in [0.29, 0.717) is 12.2 Å². The number of ether oxygens (including phenoxy) is 1. The molecule has 1 heterocycles. The van der Waals surface area contributed by atoms with E-state index in [4.69, 9.17) is 16.3 Å². The molecule has 0 aliphatic rings. The van der Waals surface area contributed by atoms with Crippen molar-refractivity contribution in [2.75, 3.05) is 11.9 Å². The lowest BCUT2D eigenvalue weighted by atomic mass is 10.0. The number of aromatic nitrogens is 2. The molecule has 1 atom stereocenters. The van der Waals surface area contributed by atoms with E-state index in [-0.39, 0.29) is 17.0 Å². The molecule has 0 spiro atoms. The second-order valence-corrected chi connectivity index (χ2v) is 6.68. The van der Waals surface area contributed by atoms with Gasteiger partial charge in [0.15, 0.2) is 0 Å². The number of nitrogens with zero attached hydrogens (tertiary/aromatic N) is 1. The van der Waals surface area contributed by atoms with Gasteiger partial charge in [0, 0.05) is 6.54 Å². The number of amides is 1. The van der Waals surface area contributed by atoms with E-state index in [1.54, 1.807) is 20.8 Å². The van der Waals surface area contributed by atoms with Crippen LogP contribution < -0.4 is 16.2 Å². The zero-order valence-electron chi connectivity index (χ0n) is 13.5. The minimum atomic E-state index is -0.557. The maximum Gasteiger partial charge on any atom is 0.407 e. The highest BCUT2D eigenvalue weighted by atomic mass is 35.5. The maximum atomic E-state index is 11.9. The highest BCUT2D eigenvalue weighted by Crippen LogP contribution is 2.15. The number of anilines is 1. The third-order valence-corrected chi connectivity index (χ3v) is 3.19. The number of carbonyl (C=O) groups is 1. The highest BCUT2D eigenvalue weighted by Gasteiger charge is 2.21. The lowest BCUT2D eigenvalue weighted by Crippen LogP contribution is -2.45. The van der Waals surface area contributed by atoms with E-state index < -0.39 is 17.3 Å². The van der Waals surface area contributed by atoms with E-state index in [9.17, 15) is 9.59 Å². The van der Waals surface area contributed by atoms with Crippen molar-refractivity contribution in [3.8, 4) is 0 Å². The van der Waals surface area contributed by atoms with Crippen LogP contribution in [0.4, 0.5) is 10.5 Å². The second kappa shape index (κ2) is 7.49. The van der Waals surface area contributed by atoms with E-state index in [1.807, 2.05) is 13.8 Å². The summed E-state index contributed by atoms with van der Waals surface area (Å²) in [6, 6.07) is -0.190. The molecule has 22 heavy (non-hydrogen) atoms. The van der Waals surface area contributed by atoms with E-state index in [0.717, 1.165) is 0 Å². The number of alkyl carbamates (subject to hydrolysis) is 1. The van der Waals surface area contributed by atoms with Gasteiger partial charge in [0.05, 0.1) is 17.9 Å². The van der Waals surface area contributed by atoms with Crippen molar-refractivity contribution < 1.29 is 9.53 Å². The first-order valence-corrected chi connectivity index (χ1v) is 7.44. The van der Waals surface area contributed by atoms with Gasteiger partial charge >= 0.3 is 6.09 Å². The predicted octanol–water partition coefficient (Wildman–Crippen LogP) is 2.38. The summed E-state index contributed by atoms with van der Waals surface area (Å²) in [6.07, 6.45) is 0.942. The van der Waals surface area contributed by atoms with Crippen LogP contribution >= 0.6 is 11.6 Å². The minimum Gasteiger partial charge on any atom is -0.444 e. The zero-order chi connectivity index (χ0) is 16.9. The number of carbonyl (C=O) groups excluding carboxylic acids is 1. The summed E-state index contributed by atoms with van der Waals surface area (Å²) in [5.74, 6) is 0.161. The van der Waals surface area contributed by atoms with Crippen LogP contribution in [0.5, 0.6) is 0 Å². The van der Waals surface area contributed by atoms with Gasteiger partial charge in [-0.1, -0.05) is 25.4 Å². The Bertz CT molecular complexity index is 566.